The van der Waals surface area contributed by atoms with Crippen molar-refractivity contribution >= 4 is 33.4 Å². The largest absolute Gasteiger partial charge is 0.507 e. The lowest BCUT2D eigenvalue weighted by Gasteiger charge is -2.28. The summed E-state index contributed by atoms with van der Waals surface area (Å²) in [6.07, 6.45) is 0. The van der Waals surface area contributed by atoms with E-state index in [1.54, 1.807) is 42.5 Å². The van der Waals surface area contributed by atoms with Crippen molar-refractivity contribution in [3.05, 3.63) is 63.6 Å². The van der Waals surface area contributed by atoms with Gasteiger partial charge in [-0.2, -0.15) is 0 Å². The van der Waals surface area contributed by atoms with E-state index in [0.29, 0.717) is 35.7 Å². The van der Waals surface area contributed by atoms with E-state index < -0.39 is 17.7 Å². The molecule has 1 atom stereocenters. The number of para-hydroxylation sites is 1. The summed E-state index contributed by atoms with van der Waals surface area (Å²) in [7, 11) is 6.80. The van der Waals surface area contributed by atoms with Crippen LogP contribution in [0.5, 0.6) is 11.5 Å². The number of halogens is 1. The maximum absolute atomic E-state index is 13.1. The molecule has 1 heterocycles. The molecule has 0 spiro atoms. The SMILES string of the molecule is COc1cccc([C@@H]2/C(=C(\O)c3ccc(Br)cc3)C(=O)C(=O)N2CCN(C)C)c1OC. The van der Waals surface area contributed by atoms with Crippen molar-refractivity contribution in [3.8, 4) is 11.5 Å². The number of amides is 1. The van der Waals surface area contributed by atoms with Crippen molar-refractivity contribution in [2.75, 3.05) is 41.4 Å². The minimum Gasteiger partial charge on any atom is -0.507 e. The van der Waals surface area contributed by atoms with Gasteiger partial charge in [-0.1, -0.05) is 40.2 Å². The Hall–Kier alpha value is -2.84. The molecule has 1 N–H and O–H groups in total. The first-order valence-corrected chi connectivity index (χ1v) is 10.5. The van der Waals surface area contributed by atoms with Gasteiger partial charge in [-0.3, -0.25) is 9.59 Å². The van der Waals surface area contributed by atoms with E-state index in [2.05, 4.69) is 15.9 Å². The molecule has 2 aromatic carbocycles. The van der Waals surface area contributed by atoms with E-state index in [-0.39, 0.29) is 11.3 Å². The van der Waals surface area contributed by atoms with Gasteiger partial charge in [-0.15, -0.1) is 0 Å². The van der Waals surface area contributed by atoms with Crippen molar-refractivity contribution < 1.29 is 24.2 Å². The molecule has 1 saturated heterocycles. The molecule has 31 heavy (non-hydrogen) atoms. The second-order valence-electron chi connectivity index (χ2n) is 7.39. The number of rotatable bonds is 7. The number of aliphatic hydroxyl groups is 1. The summed E-state index contributed by atoms with van der Waals surface area (Å²) >= 11 is 3.36. The summed E-state index contributed by atoms with van der Waals surface area (Å²) in [5.41, 5.74) is 1.04. The van der Waals surface area contributed by atoms with Crippen LogP contribution in [0.2, 0.25) is 0 Å². The Balaban J connectivity index is 2.23. The Morgan fingerprint density at radius 3 is 2.35 bits per heavy atom. The van der Waals surface area contributed by atoms with E-state index in [0.717, 1.165) is 4.47 Å². The Morgan fingerprint density at radius 1 is 1.10 bits per heavy atom. The third kappa shape index (κ3) is 4.45. The number of ketones is 1. The van der Waals surface area contributed by atoms with Crippen molar-refractivity contribution in [2.45, 2.75) is 6.04 Å². The van der Waals surface area contributed by atoms with Crippen LogP contribution in [0.3, 0.4) is 0 Å². The highest BCUT2D eigenvalue weighted by atomic mass is 79.9. The molecule has 0 unspecified atom stereocenters. The second-order valence-corrected chi connectivity index (χ2v) is 8.30. The van der Waals surface area contributed by atoms with Gasteiger partial charge in [0.2, 0.25) is 0 Å². The molecule has 1 amide bonds. The third-order valence-electron chi connectivity index (χ3n) is 5.17. The number of methoxy groups -OCH3 is 2. The zero-order valence-electron chi connectivity index (χ0n) is 17.9. The van der Waals surface area contributed by atoms with Crippen LogP contribution in [-0.2, 0) is 9.59 Å². The van der Waals surface area contributed by atoms with Crippen LogP contribution in [0.25, 0.3) is 5.76 Å². The fourth-order valence-corrected chi connectivity index (χ4v) is 3.90. The molecule has 3 rings (SSSR count). The number of hydrogen-bond donors (Lipinski definition) is 1. The summed E-state index contributed by atoms with van der Waals surface area (Å²) in [5, 5.41) is 11.1. The van der Waals surface area contributed by atoms with Gasteiger partial charge in [0.25, 0.3) is 11.7 Å². The summed E-state index contributed by atoms with van der Waals surface area (Å²) in [6, 6.07) is 11.4. The maximum Gasteiger partial charge on any atom is 0.295 e. The van der Waals surface area contributed by atoms with Crippen LogP contribution in [0.15, 0.2) is 52.5 Å². The molecule has 0 radical (unpaired) electrons. The number of Topliss-reactive ketones (excluding diaryl/α,β-unsaturated/α-hetero) is 1. The molecule has 0 aliphatic carbocycles. The minimum atomic E-state index is -0.811. The van der Waals surface area contributed by atoms with Crippen LogP contribution >= 0.6 is 15.9 Å². The van der Waals surface area contributed by atoms with E-state index in [4.69, 9.17) is 9.47 Å². The first-order chi connectivity index (χ1) is 14.8. The Kier molecular flexibility index (Phi) is 7.02. The molecule has 1 aliphatic heterocycles. The van der Waals surface area contributed by atoms with Crippen LogP contribution in [-0.4, -0.2) is 68.0 Å². The lowest BCUT2D eigenvalue weighted by atomic mass is 9.94. The Bertz CT molecular complexity index is 1020. The van der Waals surface area contributed by atoms with Gasteiger partial charge in [-0.05, 0) is 32.3 Å². The van der Waals surface area contributed by atoms with Crippen molar-refractivity contribution in [1.82, 2.24) is 9.80 Å². The Labute approximate surface area is 190 Å². The highest BCUT2D eigenvalue weighted by molar-refractivity contribution is 9.10. The summed E-state index contributed by atoms with van der Waals surface area (Å²) in [4.78, 5) is 29.5. The van der Waals surface area contributed by atoms with Crippen molar-refractivity contribution in [3.63, 3.8) is 0 Å². The van der Waals surface area contributed by atoms with Crippen molar-refractivity contribution in [2.24, 2.45) is 0 Å². The average molecular weight is 489 g/mol. The van der Waals surface area contributed by atoms with Crippen LogP contribution in [0.4, 0.5) is 0 Å². The average Bonchev–Trinajstić information content (AvgIpc) is 3.01. The smallest absolute Gasteiger partial charge is 0.295 e. The number of carbonyl (C=O) groups is 2. The predicted molar refractivity (Wildman–Crippen MR) is 121 cm³/mol. The molecule has 1 fully saturated rings. The Morgan fingerprint density at radius 2 is 1.77 bits per heavy atom. The van der Waals surface area contributed by atoms with E-state index in [1.165, 1.54) is 19.1 Å². The lowest BCUT2D eigenvalue weighted by molar-refractivity contribution is -0.140. The topological polar surface area (TPSA) is 79.3 Å². The lowest BCUT2D eigenvalue weighted by Crippen LogP contribution is -2.35. The van der Waals surface area contributed by atoms with Gasteiger partial charge in [0.05, 0.1) is 25.8 Å². The quantitative estimate of drug-likeness (QED) is 0.365. The van der Waals surface area contributed by atoms with Crippen molar-refractivity contribution in [1.29, 1.82) is 0 Å². The number of aliphatic hydroxyl groups excluding tert-OH is 1. The zero-order chi connectivity index (χ0) is 22.7. The van der Waals surface area contributed by atoms with Crippen LogP contribution in [0.1, 0.15) is 17.2 Å². The monoisotopic (exact) mass is 488 g/mol. The second kappa shape index (κ2) is 9.53. The molecule has 164 valence electrons. The zero-order valence-corrected chi connectivity index (χ0v) is 19.5. The molecule has 0 saturated carbocycles. The fourth-order valence-electron chi connectivity index (χ4n) is 3.63. The number of hydrogen-bond acceptors (Lipinski definition) is 6. The number of likely N-dealkylation sites (N-methyl/N-ethyl adjacent to an activating group) is 1. The first-order valence-electron chi connectivity index (χ1n) is 9.70. The minimum absolute atomic E-state index is 0.0256. The van der Waals surface area contributed by atoms with Gasteiger partial charge >= 0.3 is 0 Å². The molecule has 2 aromatic rings. The number of benzene rings is 2. The highest BCUT2D eigenvalue weighted by Gasteiger charge is 2.47. The van der Waals surface area contributed by atoms with Gasteiger partial charge in [-0.25, -0.2) is 0 Å². The molecule has 7 nitrogen and oxygen atoms in total. The van der Waals surface area contributed by atoms with Crippen LogP contribution in [0, 0.1) is 0 Å². The van der Waals surface area contributed by atoms with Gasteiger partial charge in [0.1, 0.15) is 5.76 Å². The van der Waals surface area contributed by atoms with E-state index >= 15 is 0 Å². The normalized spacial score (nSPS) is 18.0. The molecule has 0 aromatic heterocycles. The summed E-state index contributed by atoms with van der Waals surface area (Å²) < 4.78 is 11.8. The number of carbonyl (C=O) groups excluding carboxylic acids is 2. The summed E-state index contributed by atoms with van der Waals surface area (Å²) in [6.45, 7) is 0.855. The van der Waals surface area contributed by atoms with E-state index in [1.807, 2.05) is 19.0 Å². The van der Waals surface area contributed by atoms with Crippen LogP contribution < -0.4 is 9.47 Å². The number of nitrogens with zero attached hydrogens (tertiary/aromatic N) is 2. The fraction of sp³-hybridized carbons (Fsp3) is 0.304. The van der Waals surface area contributed by atoms with Gasteiger partial charge < -0.3 is 24.4 Å². The molecule has 8 heteroatoms. The molecule has 1 aliphatic rings. The molecular weight excluding hydrogens is 464 g/mol. The first kappa shape index (κ1) is 22.8. The number of ether oxygens (including phenoxy) is 2. The number of likely N-dealkylation sites (tertiary alicyclic amines) is 1. The summed E-state index contributed by atoms with van der Waals surface area (Å²) in [5.74, 6) is -0.729. The maximum atomic E-state index is 13.1. The van der Waals surface area contributed by atoms with E-state index in [9.17, 15) is 14.7 Å². The van der Waals surface area contributed by atoms with Gasteiger partial charge in [0, 0.05) is 28.7 Å². The molecule has 0 bridgehead atoms. The predicted octanol–water partition coefficient (Wildman–Crippen LogP) is 3.45. The standard InChI is InChI=1S/C23H25BrN2O5/c1-25(2)12-13-26-19(16-6-5-7-17(30-3)22(16)31-4)18(21(28)23(26)29)20(27)14-8-10-15(24)11-9-14/h5-11,19,27H,12-13H2,1-4H3/b20-18+/t19-/m1/s1. The van der Waals surface area contributed by atoms with Gasteiger partial charge in [0.15, 0.2) is 11.5 Å². The molecular formula is C23H25BrN2O5. The highest BCUT2D eigenvalue weighted by Crippen LogP contribution is 2.45. The third-order valence-corrected chi connectivity index (χ3v) is 5.70.